The molecule has 108 valence electrons. The smallest absolute Gasteiger partial charge is 0.152 e. The predicted octanol–water partition coefficient (Wildman–Crippen LogP) is 4.15. The highest BCUT2D eigenvalue weighted by molar-refractivity contribution is 7.99. The summed E-state index contributed by atoms with van der Waals surface area (Å²) in [4.78, 5) is 8.46. The van der Waals surface area contributed by atoms with Crippen molar-refractivity contribution in [2.75, 3.05) is 5.75 Å². The van der Waals surface area contributed by atoms with Crippen LogP contribution >= 0.6 is 11.8 Å². The molecule has 1 heterocycles. The van der Waals surface area contributed by atoms with Gasteiger partial charge in [0.15, 0.2) is 5.82 Å². The fourth-order valence-electron chi connectivity index (χ4n) is 2.07. The molecule has 0 aliphatic carbocycles. The van der Waals surface area contributed by atoms with E-state index in [4.69, 9.17) is 0 Å². The lowest BCUT2D eigenvalue weighted by atomic mass is 10.2. The van der Waals surface area contributed by atoms with E-state index >= 15 is 0 Å². The molecule has 0 unspecified atom stereocenters. The molecule has 0 bridgehead atoms. The number of aromatic amines is 1. The van der Waals surface area contributed by atoms with Crippen LogP contribution in [-0.4, -0.2) is 20.8 Å². The molecule has 0 aliphatic heterocycles. The average molecular weight is 307 g/mol. The van der Waals surface area contributed by atoms with Crippen LogP contribution in [-0.2, 0) is 0 Å². The molecule has 0 spiro atoms. The lowest BCUT2D eigenvalue weighted by molar-refractivity contribution is 0.420. The number of aliphatic hydroxyl groups is 1. The molecule has 2 aromatic carbocycles. The van der Waals surface area contributed by atoms with E-state index in [0.29, 0.717) is 11.6 Å². The SMILES string of the molecule is N#C/C(=C(/O)CSc1ccccc1)c1nc2ccccc2[nH]1. The van der Waals surface area contributed by atoms with Gasteiger partial charge in [0, 0.05) is 4.90 Å². The highest BCUT2D eigenvalue weighted by Gasteiger charge is 2.13. The largest absolute Gasteiger partial charge is 0.510 e. The number of rotatable bonds is 4. The molecule has 0 aliphatic rings. The Morgan fingerprint density at radius 2 is 1.86 bits per heavy atom. The van der Waals surface area contributed by atoms with Crippen LogP contribution in [0, 0.1) is 11.3 Å². The van der Waals surface area contributed by atoms with Gasteiger partial charge < -0.3 is 10.1 Å². The van der Waals surface area contributed by atoms with Gasteiger partial charge in [-0.25, -0.2) is 4.98 Å². The van der Waals surface area contributed by atoms with Crippen LogP contribution in [0.1, 0.15) is 5.82 Å². The molecule has 5 heteroatoms. The van der Waals surface area contributed by atoms with Crippen LogP contribution < -0.4 is 0 Å². The Kier molecular flexibility index (Phi) is 4.12. The van der Waals surface area contributed by atoms with E-state index in [9.17, 15) is 10.4 Å². The van der Waals surface area contributed by atoms with Crippen molar-refractivity contribution in [1.82, 2.24) is 9.97 Å². The standard InChI is InChI=1S/C17H13N3OS/c18-10-13(16(21)11-22-12-6-2-1-3-7-12)17-19-14-8-4-5-9-15(14)20-17/h1-9,21H,11H2,(H,19,20)/b16-13-. The number of allylic oxidation sites excluding steroid dienone is 1. The van der Waals surface area contributed by atoms with Gasteiger partial charge in [0.2, 0.25) is 0 Å². The molecule has 0 fully saturated rings. The number of nitrogens with one attached hydrogen (secondary N) is 1. The second-order valence-electron chi connectivity index (χ2n) is 4.64. The van der Waals surface area contributed by atoms with Gasteiger partial charge in [-0.2, -0.15) is 5.26 Å². The lowest BCUT2D eigenvalue weighted by Crippen LogP contribution is -1.95. The Morgan fingerprint density at radius 1 is 1.14 bits per heavy atom. The van der Waals surface area contributed by atoms with Crippen LogP contribution in [0.25, 0.3) is 16.6 Å². The predicted molar refractivity (Wildman–Crippen MR) is 88.4 cm³/mol. The molecule has 0 radical (unpaired) electrons. The minimum Gasteiger partial charge on any atom is -0.510 e. The number of benzene rings is 2. The third-order valence-electron chi connectivity index (χ3n) is 3.15. The maximum atomic E-state index is 10.2. The third-order valence-corrected chi connectivity index (χ3v) is 4.17. The van der Waals surface area contributed by atoms with Gasteiger partial charge >= 0.3 is 0 Å². The molecular formula is C17H13N3OS. The summed E-state index contributed by atoms with van der Waals surface area (Å²) in [5, 5.41) is 19.6. The van der Waals surface area contributed by atoms with Crippen LogP contribution in [0.2, 0.25) is 0 Å². The van der Waals surface area contributed by atoms with E-state index in [-0.39, 0.29) is 11.3 Å². The van der Waals surface area contributed by atoms with Crippen molar-refractivity contribution in [1.29, 1.82) is 5.26 Å². The molecular weight excluding hydrogens is 294 g/mol. The Labute approximate surface area is 132 Å². The number of nitrogens with zero attached hydrogens (tertiary/aromatic N) is 2. The lowest BCUT2D eigenvalue weighted by Gasteiger charge is -2.02. The monoisotopic (exact) mass is 307 g/mol. The third kappa shape index (κ3) is 2.97. The Morgan fingerprint density at radius 3 is 2.59 bits per heavy atom. The summed E-state index contributed by atoms with van der Waals surface area (Å²) in [7, 11) is 0. The van der Waals surface area contributed by atoms with E-state index in [1.165, 1.54) is 11.8 Å². The van der Waals surface area contributed by atoms with Gasteiger partial charge in [-0.05, 0) is 24.3 Å². The fourth-order valence-corrected chi connectivity index (χ4v) is 2.86. The summed E-state index contributed by atoms with van der Waals surface area (Å²) in [6, 6.07) is 19.3. The first-order chi connectivity index (χ1) is 10.8. The molecule has 1 aromatic heterocycles. The first-order valence-electron chi connectivity index (χ1n) is 6.73. The van der Waals surface area contributed by atoms with E-state index < -0.39 is 0 Å². The number of thioether (sulfide) groups is 1. The van der Waals surface area contributed by atoms with Gasteiger partial charge in [0.1, 0.15) is 17.4 Å². The number of hydrogen-bond donors (Lipinski definition) is 2. The minimum absolute atomic E-state index is 0.0235. The van der Waals surface area contributed by atoms with Gasteiger partial charge in [-0.1, -0.05) is 30.3 Å². The molecule has 0 saturated carbocycles. The second kappa shape index (κ2) is 6.37. The quantitative estimate of drug-likeness (QED) is 0.431. The molecule has 3 rings (SSSR count). The van der Waals surface area contributed by atoms with Crippen molar-refractivity contribution in [2.24, 2.45) is 0 Å². The maximum Gasteiger partial charge on any atom is 0.152 e. The normalized spacial score (nSPS) is 12.0. The first kappa shape index (κ1) is 14.2. The van der Waals surface area contributed by atoms with E-state index in [1.807, 2.05) is 60.7 Å². The van der Waals surface area contributed by atoms with Gasteiger partial charge in [-0.15, -0.1) is 11.8 Å². The number of para-hydroxylation sites is 2. The fraction of sp³-hybridized carbons (Fsp3) is 0.0588. The summed E-state index contributed by atoms with van der Waals surface area (Å²) in [6.45, 7) is 0. The van der Waals surface area contributed by atoms with Crippen molar-refractivity contribution in [3.63, 3.8) is 0 Å². The molecule has 2 N–H and O–H groups in total. The summed E-state index contributed by atoms with van der Waals surface area (Å²) < 4.78 is 0. The summed E-state index contributed by atoms with van der Waals surface area (Å²) in [6.07, 6.45) is 0. The molecule has 4 nitrogen and oxygen atoms in total. The van der Waals surface area contributed by atoms with Crippen LogP contribution in [0.15, 0.2) is 65.3 Å². The molecule has 22 heavy (non-hydrogen) atoms. The Hall–Kier alpha value is -2.71. The summed E-state index contributed by atoms with van der Waals surface area (Å²) in [5.74, 6) is 0.745. The first-order valence-corrected chi connectivity index (χ1v) is 7.71. The number of nitriles is 1. The van der Waals surface area contributed by atoms with E-state index in [2.05, 4.69) is 9.97 Å². The van der Waals surface area contributed by atoms with Gasteiger partial charge in [-0.3, -0.25) is 0 Å². The van der Waals surface area contributed by atoms with E-state index in [0.717, 1.165) is 15.9 Å². The van der Waals surface area contributed by atoms with Crippen LogP contribution in [0.3, 0.4) is 0 Å². The van der Waals surface area contributed by atoms with Crippen LogP contribution in [0.5, 0.6) is 0 Å². The minimum atomic E-state index is 0.0235. The number of hydrogen-bond acceptors (Lipinski definition) is 4. The van der Waals surface area contributed by atoms with Crippen molar-refractivity contribution >= 4 is 28.4 Å². The zero-order valence-corrected chi connectivity index (χ0v) is 12.5. The van der Waals surface area contributed by atoms with Gasteiger partial charge in [0.25, 0.3) is 0 Å². The molecule has 0 amide bonds. The number of aliphatic hydroxyl groups excluding tert-OH is 1. The maximum absolute atomic E-state index is 10.2. The van der Waals surface area contributed by atoms with Crippen LogP contribution in [0.4, 0.5) is 0 Å². The number of aromatic nitrogens is 2. The van der Waals surface area contributed by atoms with Gasteiger partial charge in [0.05, 0.1) is 16.8 Å². The van der Waals surface area contributed by atoms with E-state index in [1.54, 1.807) is 0 Å². The molecule has 0 atom stereocenters. The Bertz CT molecular complexity index is 829. The average Bonchev–Trinajstić information content (AvgIpc) is 2.98. The number of imidazole rings is 1. The van der Waals surface area contributed by atoms with Crippen molar-refractivity contribution < 1.29 is 5.11 Å². The molecule has 3 aromatic rings. The topological polar surface area (TPSA) is 72.7 Å². The zero-order chi connectivity index (χ0) is 15.4. The highest BCUT2D eigenvalue weighted by atomic mass is 32.2. The second-order valence-corrected chi connectivity index (χ2v) is 5.69. The highest BCUT2D eigenvalue weighted by Crippen LogP contribution is 2.24. The van der Waals surface area contributed by atoms with Crippen molar-refractivity contribution in [3.8, 4) is 6.07 Å². The van der Waals surface area contributed by atoms with Crippen molar-refractivity contribution in [3.05, 3.63) is 66.2 Å². The number of H-pyrrole nitrogens is 1. The summed E-state index contributed by atoms with van der Waals surface area (Å²) >= 11 is 1.47. The summed E-state index contributed by atoms with van der Waals surface area (Å²) in [5.41, 5.74) is 1.79. The Balaban J connectivity index is 1.86. The zero-order valence-electron chi connectivity index (χ0n) is 11.7. The number of fused-ring (bicyclic) bond motifs is 1. The van der Waals surface area contributed by atoms with Crippen molar-refractivity contribution in [2.45, 2.75) is 4.90 Å². The molecule has 0 saturated heterocycles.